The number of rotatable bonds is 8. The van der Waals surface area contributed by atoms with Gasteiger partial charge in [0.1, 0.15) is 0 Å². The summed E-state index contributed by atoms with van der Waals surface area (Å²) >= 11 is 5.89. The predicted molar refractivity (Wildman–Crippen MR) is 127 cm³/mol. The van der Waals surface area contributed by atoms with Crippen LogP contribution in [0.3, 0.4) is 0 Å². The topological polar surface area (TPSA) is 127 Å². The molecular weight excluding hydrogens is 486 g/mol. The van der Waals surface area contributed by atoms with E-state index >= 15 is 0 Å². The summed E-state index contributed by atoms with van der Waals surface area (Å²) in [5.41, 5.74) is 1.93. The Morgan fingerprint density at radius 1 is 0.909 bits per heavy atom. The summed E-state index contributed by atoms with van der Waals surface area (Å²) in [5, 5.41) is 8.05. The highest BCUT2D eigenvalue weighted by molar-refractivity contribution is 7.89. The SMILES string of the molecule is Cc1ccccc1CN(CC(=O)Nc1ccc(S(N)(=O)=O)cc1)S(=O)(=O)c1ccc(Cl)cc1. The molecule has 0 aliphatic carbocycles. The number of amides is 1. The second-order valence-corrected chi connectivity index (χ2v) is 11.2. The quantitative estimate of drug-likeness (QED) is 0.484. The normalized spacial score (nSPS) is 12.0. The van der Waals surface area contributed by atoms with Crippen molar-refractivity contribution in [2.75, 3.05) is 11.9 Å². The molecule has 3 aromatic carbocycles. The average molecular weight is 508 g/mol. The van der Waals surface area contributed by atoms with Gasteiger partial charge in [0.15, 0.2) is 0 Å². The van der Waals surface area contributed by atoms with Gasteiger partial charge in [-0.25, -0.2) is 22.0 Å². The lowest BCUT2D eigenvalue weighted by atomic mass is 10.1. The number of nitrogens with one attached hydrogen (secondary N) is 1. The smallest absolute Gasteiger partial charge is 0.243 e. The Labute approximate surface area is 198 Å². The maximum atomic E-state index is 13.3. The molecule has 33 heavy (non-hydrogen) atoms. The van der Waals surface area contributed by atoms with Gasteiger partial charge in [-0.3, -0.25) is 4.79 Å². The molecule has 3 aromatic rings. The number of anilines is 1. The molecule has 0 aliphatic rings. The van der Waals surface area contributed by atoms with Crippen LogP contribution in [0.4, 0.5) is 5.69 Å². The highest BCUT2D eigenvalue weighted by Gasteiger charge is 2.27. The summed E-state index contributed by atoms with van der Waals surface area (Å²) < 4.78 is 50.5. The van der Waals surface area contributed by atoms with E-state index in [1.165, 1.54) is 48.5 Å². The second kappa shape index (κ2) is 10.0. The Bertz CT molecular complexity index is 1360. The van der Waals surface area contributed by atoms with Crippen molar-refractivity contribution in [3.63, 3.8) is 0 Å². The van der Waals surface area contributed by atoms with Crippen LogP contribution < -0.4 is 10.5 Å². The van der Waals surface area contributed by atoms with Crippen LogP contribution in [0.15, 0.2) is 82.6 Å². The third kappa shape index (κ3) is 6.40. The van der Waals surface area contributed by atoms with Gasteiger partial charge in [0.25, 0.3) is 0 Å². The first kappa shape index (κ1) is 24.9. The molecule has 0 saturated heterocycles. The minimum atomic E-state index is -4.03. The fourth-order valence-corrected chi connectivity index (χ4v) is 5.06. The first-order chi connectivity index (χ1) is 15.5. The predicted octanol–water partition coefficient (Wildman–Crippen LogP) is 3.13. The molecule has 3 N–H and O–H groups in total. The molecule has 3 rings (SSSR count). The van der Waals surface area contributed by atoms with Gasteiger partial charge in [-0.2, -0.15) is 4.31 Å². The molecule has 174 valence electrons. The Balaban J connectivity index is 1.86. The van der Waals surface area contributed by atoms with Crippen molar-refractivity contribution < 1.29 is 21.6 Å². The molecule has 1 amide bonds. The summed E-state index contributed by atoms with van der Waals surface area (Å²) in [4.78, 5) is 12.6. The Kier molecular flexibility index (Phi) is 7.55. The number of hydrogen-bond acceptors (Lipinski definition) is 5. The number of aryl methyl sites for hydroxylation is 1. The zero-order valence-corrected chi connectivity index (χ0v) is 20.0. The van der Waals surface area contributed by atoms with Crippen LogP contribution in [0.1, 0.15) is 11.1 Å². The van der Waals surface area contributed by atoms with Gasteiger partial charge in [-0.1, -0.05) is 35.9 Å². The molecule has 0 unspecified atom stereocenters. The van der Waals surface area contributed by atoms with Gasteiger partial charge >= 0.3 is 0 Å². The minimum Gasteiger partial charge on any atom is -0.325 e. The van der Waals surface area contributed by atoms with Crippen molar-refractivity contribution in [1.29, 1.82) is 0 Å². The van der Waals surface area contributed by atoms with E-state index in [1.54, 1.807) is 12.1 Å². The summed E-state index contributed by atoms with van der Waals surface area (Å²) in [6.45, 7) is 1.38. The van der Waals surface area contributed by atoms with Crippen LogP contribution in [-0.2, 0) is 31.4 Å². The first-order valence-electron chi connectivity index (χ1n) is 9.70. The number of halogens is 1. The number of sulfonamides is 2. The van der Waals surface area contributed by atoms with E-state index in [1.807, 2.05) is 19.1 Å². The van der Waals surface area contributed by atoms with E-state index in [0.29, 0.717) is 10.7 Å². The van der Waals surface area contributed by atoms with Gasteiger partial charge < -0.3 is 5.32 Å². The van der Waals surface area contributed by atoms with Crippen LogP contribution in [0.25, 0.3) is 0 Å². The molecule has 0 spiro atoms. The lowest BCUT2D eigenvalue weighted by Gasteiger charge is -2.23. The number of carbonyl (C=O) groups is 1. The summed E-state index contributed by atoms with van der Waals surface area (Å²) in [5.74, 6) is -0.593. The molecule has 0 aromatic heterocycles. The highest BCUT2D eigenvalue weighted by atomic mass is 35.5. The maximum Gasteiger partial charge on any atom is 0.243 e. The molecule has 0 atom stereocenters. The number of benzene rings is 3. The number of nitrogens with two attached hydrogens (primary N) is 1. The second-order valence-electron chi connectivity index (χ2n) is 7.27. The van der Waals surface area contributed by atoms with Crippen LogP contribution in [0, 0.1) is 6.92 Å². The molecule has 0 bridgehead atoms. The first-order valence-corrected chi connectivity index (χ1v) is 13.1. The third-order valence-corrected chi connectivity index (χ3v) is 7.83. The Morgan fingerprint density at radius 2 is 1.48 bits per heavy atom. The van der Waals surface area contributed by atoms with Crippen molar-refractivity contribution in [3.8, 4) is 0 Å². The van der Waals surface area contributed by atoms with Crippen LogP contribution in [0.2, 0.25) is 5.02 Å². The molecule has 8 nitrogen and oxygen atoms in total. The third-order valence-electron chi connectivity index (χ3n) is 4.85. The number of carbonyl (C=O) groups excluding carboxylic acids is 1. The van der Waals surface area contributed by atoms with Gasteiger partial charge in [0.2, 0.25) is 26.0 Å². The molecular formula is C22H22ClN3O5S2. The van der Waals surface area contributed by atoms with Gasteiger partial charge in [0, 0.05) is 17.3 Å². The molecule has 0 saturated carbocycles. The van der Waals surface area contributed by atoms with E-state index in [9.17, 15) is 21.6 Å². The summed E-state index contributed by atoms with van der Waals surface area (Å²) in [7, 11) is -7.90. The van der Waals surface area contributed by atoms with E-state index in [2.05, 4.69) is 5.32 Å². The van der Waals surface area contributed by atoms with Crippen molar-refractivity contribution in [1.82, 2.24) is 4.31 Å². The lowest BCUT2D eigenvalue weighted by Crippen LogP contribution is -2.37. The van der Waals surface area contributed by atoms with Crippen molar-refractivity contribution in [3.05, 3.63) is 88.9 Å². The zero-order chi connectivity index (χ0) is 24.2. The fraction of sp³-hybridized carbons (Fsp3) is 0.136. The zero-order valence-electron chi connectivity index (χ0n) is 17.6. The number of hydrogen-bond donors (Lipinski definition) is 2. The molecule has 0 heterocycles. The molecule has 0 radical (unpaired) electrons. The monoisotopic (exact) mass is 507 g/mol. The van der Waals surface area contributed by atoms with Gasteiger partial charge in [-0.05, 0) is 66.6 Å². The van der Waals surface area contributed by atoms with Crippen molar-refractivity contribution >= 4 is 43.2 Å². The van der Waals surface area contributed by atoms with Crippen LogP contribution >= 0.6 is 11.6 Å². The van der Waals surface area contributed by atoms with Crippen molar-refractivity contribution in [2.24, 2.45) is 5.14 Å². The Morgan fingerprint density at radius 3 is 2.06 bits per heavy atom. The van der Waals surface area contributed by atoms with Crippen LogP contribution in [0.5, 0.6) is 0 Å². The van der Waals surface area contributed by atoms with E-state index in [0.717, 1.165) is 15.4 Å². The number of nitrogens with zero attached hydrogens (tertiary/aromatic N) is 1. The summed E-state index contributed by atoms with van der Waals surface area (Å²) in [6, 6.07) is 18.2. The fourth-order valence-electron chi connectivity index (χ4n) is 3.05. The standard InChI is InChI=1S/C22H22ClN3O5S2/c1-16-4-2-3-5-17(16)14-26(33(30,31)21-10-6-18(23)7-11-21)15-22(27)25-19-8-12-20(13-9-19)32(24,28)29/h2-13H,14-15H2,1H3,(H,25,27)(H2,24,28,29). The van der Waals surface area contributed by atoms with E-state index < -0.39 is 32.5 Å². The number of primary sulfonamides is 1. The van der Waals surface area contributed by atoms with Crippen molar-refractivity contribution in [2.45, 2.75) is 23.3 Å². The minimum absolute atomic E-state index is 0.00536. The molecule has 0 aliphatic heterocycles. The van der Waals surface area contributed by atoms with E-state index in [-0.39, 0.29) is 16.3 Å². The average Bonchev–Trinajstić information content (AvgIpc) is 2.75. The summed E-state index contributed by atoms with van der Waals surface area (Å²) in [6.07, 6.45) is 0. The molecule has 11 heteroatoms. The van der Waals surface area contributed by atoms with Gasteiger partial charge in [-0.15, -0.1) is 0 Å². The van der Waals surface area contributed by atoms with Crippen LogP contribution in [-0.4, -0.2) is 33.6 Å². The Hall–Kier alpha value is -2.76. The van der Waals surface area contributed by atoms with E-state index in [4.69, 9.17) is 16.7 Å². The molecule has 0 fully saturated rings. The largest absolute Gasteiger partial charge is 0.325 e. The van der Waals surface area contributed by atoms with Gasteiger partial charge in [0.05, 0.1) is 16.3 Å². The lowest BCUT2D eigenvalue weighted by molar-refractivity contribution is -0.116. The maximum absolute atomic E-state index is 13.3. The highest BCUT2D eigenvalue weighted by Crippen LogP contribution is 2.22.